The predicted octanol–water partition coefficient (Wildman–Crippen LogP) is 2.76. The fourth-order valence-corrected chi connectivity index (χ4v) is 1.28. The lowest BCUT2D eigenvalue weighted by Crippen LogP contribution is -2.35. The monoisotopic (exact) mass is 222 g/mol. The molecule has 1 aromatic heterocycles. The fraction of sp³-hybridized carbons (Fsp3) is 0.615. The second kappa shape index (κ2) is 5.30. The van der Waals surface area contributed by atoms with Crippen LogP contribution in [-0.4, -0.2) is 16.6 Å². The van der Waals surface area contributed by atoms with Crippen molar-refractivity contribution in [2.24, 2.45) is 0 Å². The lowest BCUT2D eigenvalue weighted by Gasteiger charge is -2.22. The quantitative estimate of drug-likeness (QED) is 0.850. The van der Waals surface area contributed by atoms with Crippen molar-refractivity contribution in [3.63, 3.8) is 0 Å². The highest BCUT2D eigenvalue weighted by Crippen LogP contribution is 2.18. The van der Waals surface area contributed by atoms with E-state index >= 15 is 0 Å². The first-order chi connectivity index (χ1) is 7.38. The normalized spacial score (nSPS) is 11.9. The van der Waals surface area contributed by atoms with Crippen LogP contribution in [0.3, 0.4) is 0 Å². The molecule has 0 aliphatic carbocycles. The molecule has 0 saturated heterocycles. The molecule has 1 N–H and O–H groups in total. The molecule has 0 radical (unpaired) electrons. The van der Waals surface area contributed by atoms with E-state index in [0.717, 1.165) is 17.9 Å². The van der Waals surface area contributed by atoms with Crippen LogP contribution < -0.4 is 10.1 Å². The molecule has 0 atom stereocenters. The molecule has 1 rings (SSSR count). The molecule has 16 heavy (non-hydrogen) atoms. The second-order valence-electron chi connectivity index (χ2n) is 5.25. The minimum absolute atomic E-state index is 0.109. The maximum absolute atomic E-state index is 5.71. The van der Waals surface area contributed by atoms with Gasteiger partial charge in [0.15, 0.2) is 0 Å². The van der Waals surface area contributed by atoms with Crippen LogP contribution in [0.15, 0.2) is 18.5 Å². The molecule has 0 aliphatic heterocycles. The molecule has 0 spiro atoms. The van der Waals surface area contributed by atoms with E-state index in [4.69, 9.17) is 4.74 Å². The molecular weight excluding hydrogens is 200 g/mol. The van der Waals surface area contributed by atoms with Crippen molar-refractivity contribution in [2.45, 2.75) is 52.8 Å². The van der Waals surface area contributed by atoms with Gasteiger partial charge in [0.05, 0.1) is 12.3 Å². The lowest BCUT2D eigenvalue weighted by atomic mass is 10.1. The highest BCUT2D eigenvalue weighted by molar-refractivity contribution is 5.29. The molecule has 0 bridgehead atoms. The van der Waals surface area contributed by atoms with Crippen molar-refractivity contribution < 1.29 is 4.74 Å². The van der Waals surface area contributed by atoms with Crippen LogP contribution in [0.2, 0.25) is 0 Å². The topological polar surface area (TPSA) is 34.1 Å². The van der Waals surface area contributed by atoms with Crippen molar-refractivity contribution in [1.29, 1.82) is 0 Å². The van der Waals surface area contributed by atoms with Crippen LogP contribution in [0.5, 0.6) is 5.75 Å². The molecular formula is C13H22N2O. The van der Waals surface area contributed by atoms with E-state index < -0.39 is 0 Å². The summed E-state index contributed by atoms with van der Waals surface area (Å²) < 4.78 is 5.71. The number of ether oxygens (including phenoxy) is 1. The summed E-state index contributed by atoms with van der Waals surface area (Å²) in [5, 5.41) is 3.44. The zero-order valence-corrected chi connectivity index (χ0v) is 10.9. The summed E-state index contributed by atoms with van der Waals surface area (Å²) in [5.74, 6) is 0.870. The molecule has 3 heteroatoms. The summed E-state index contributed by atoms with van der Waals surface area (Å²) in [7, 11) is 0. The van der Waals surface area contributed by atoms with Crippen LogP contribution in [0, 0.1) is 0 Å². The van der Waals surface area contributed by atoms with Crippen LogP contribution >= 0.6 is 0 Å². The number of hydrogen-bond acceptors (Lipinski definition) is 3. The van der Waals surface area contributed by atoms with Gasteiger partial charge in [-0.25, -0.2) is 0 Å². The molecule has 1 aromatic rings. The van der Waals surface area contributed by atoms with Gasteiger partial charge in [0.1, 0.15) is 5.75 Å². The number of hydrogen-bond donors (Lipinski definition) is 1. The van der Waals surface area contributed by atoms with Crippen LogP contribution in [0.1, 0.15) is 40.2 Å². The molecule has 0 fully saturated rings. The Bertz CT molecular complexity index is 329. The maximum atomic E-state index is 5.71. The Balaban J connectivity index is 2.71. The minimum atomic E-state index is 0.109. The van der Waals surface area contributed by atoms with E-state index in [0.29, 0.717) is 0 Å². The second-order valence-corrected chi connectivity index (χ2v) is 5.25. The molecule has 0 aromatic carbocycles. The predicted molar refractivity (Wildman–Crippen MR) is 66.6 cm³/mol. The van der Waals surface area contributed by atoms with Gasteiger partial charge in [-0.05, 0) is 40.7 Å². The highest BCUT2D eigenvalue weighted by atomic mass is 16.5. The summed E-state index contributed by atoms with van der Waals surface area (Å²) in [6.07, 6.45) is 3.75. The van der Waals surface area contributed by atoms with Gasteiger partial charge in [-0.3, -0.25) is 4.98 Å². The Labute approximate surface area is 98.2 Å². The summed E-state index contributed by atoms with van der Waals surface area (Å²) in [4.78, 5) is 4.09. The molecule has 0 saturated carbocycles. The standard InChI is InChI=1S/C13H22N2O/c1-10(2)16-12-9-14-7-6-11(12)8-15-13(3,4)5/h6-7,9-10,15H,8H2,1-5H3. The van der Waals surface area contributed by atoms with E-state index in [1.54, 1.807) is 12.4 Å². The van der Waals surface area contributed by atoms with Crippen molar-refractivity contribution in [1.82, 2.24) is 10.3 Å². The van der Waals surface area contributed by atoms with Gasteiger partial charge in [0, 0.05) is 23.8 Å². The third-order valence-corrected chi connectivity index (χ3v) is 2.04. The van der Waals surface area contributed by atoms with E-state index in [1.807, 2.05) is 19.9 Å². The van der Waals surface area contributed by atoms with E-state index in [2.05, 4.69) is 31.1 Å². The van der Waals surface area contributed by atoms with Gasteiger partial charge in [-0.2, -0.15) is 0 Å². The number of pyridine rings is 1. The highest BCUT2D eigenvalue weighted by Gasteiger charge is 2.11. The summed E-state index contributed by atoms with van der Waals surface area (Å²) in [6, 6.07) is 2.00. The van der Waals surface area contributed by atoms with Gasteiger partial charge in [-0.1, -0.05) is 0 Å². The average molecular weight is 222 g/mol. The first-order valence-electron chi connectivity index (χ1n) is 5.73. The molecule has 0 amide bonds. The van der Waals surface area contributed by atoms with Crippen molar-refractivity contribution in [2.75, 3.05) is 0 Å². The molecule has 90 valence electrons. The van der Waals surface area contributed by atoms with Gasteiger partial charge in [0.2, 0.25) is 0 Å². The van der Waals surface area contributed by atoms with Crippen molar-refractivity contribution in [3.05, 3.63) is 24.0 Å². The fourth-order valence-electron chi connectivity index (χ4n) is 1.28. The Hall–Kier alpha value is -1.09. The smallest absolute Gasteiger partial charge is 0.142 e. The number of nitrogens with zero attached hydrogens (tertiary/aromatic N) is 1. The summed E-state index contributed by atoms with van der Waals surface area (Å²) >= 11 is 0. The SMILES string of the molecule is CC(C)Oc1cnccc1CNC(C)(C)C. The van der Waals surface area contributed by atoms with E-state index in [-0.39, 0.29) is 11.6 Å². The minimum Gasteiger partial charge on any atom is -0.489 e. The Morgan fingerprint density at radius 1 is 1.38 bits per heavy atom. The Morgan fingerprint density at radius 2 is 2.06 bits per heavy atom. The van der Waals surface area contributed by atoms with Crippen LogP contribution in [0.25, 0.3) is 0 Å². The zero-order valence-electron chi connectivity index (χ0n) is 10.9. The molecule has 3 nitrogen and oxygen atoms in total. The first kappa shape index (κ1) is 13.0. The van der Waals surface area contributed by atoms with Crippen molar-refractivity contribution in [3.8, 4) is 5.75 Å². The largest absolute Gasteiger partial charge is 0.489 e. The third kappa shape index (κ3) is 4.62. The van der Waals surface area contributed by atoms with E-state index in [9.17, 15) is 0 Å². The van der Waals surface area contributed by atoms with Gasteiger partial charge in [-0.15, -0.1) is 0 Å². The molecule has 0 aliphatic rings. The number of rotatable bonds is 4. The van der Waals surface area contributed by atoms with E-state index in [1.165, 1.54) is 0 Å². The third-order valence-electron chi connectivity index (χ3n) is 2.04. The van der Waals surface area contributed by atoms with Crippen LogP contribution in [0.4, 0.5) is 0 Å². The number of aromatic nitrogens is 1. The maximum Gasteiger partial charge on any atom is 0.142 e. The van der Waals surface area contributed by atoms with Gasteiger partial charge < -0.3 is 10.1 Å². The average Bonchev–Trinajstić information content (AvgIpc) is 2.14. The lowest BCUT2D eigenvalue weighted by molar-refractivity contribution is 0.237. The summed E-state index contributed by atoms with van der Waals surface area (Å²) in [6.45, 7) is 11.3. The Kier molecular flexibility index (Phi) is 4.30. The van der Waals surface area contributed by atoms with Gasteiger partial charge >= 0.3 is 0 Å². The molecule has 1 heterocycles. The van der Waals surface area contributed by atoms with Crippen molar-refractivity contribution >= 4 is 0 Å². The molecule has 0 unspecified atom stereocenters. The summed E-state index contributed by atoms with van der Waals surface area (Å²) in [5.41, 5.74) is 1.26. The first-order valence-corrected chi connectivity index (χ1v) is 5.73. The van der Waals surface area contributed by atoms with Gasteiger partial charge in [0.25, 0.3) is 0 Å². The Morgan fingerprint density at radius 3 is 2.62 bits per heavy atom. The van der Waals surface area contributed by atoms with Crippen LogP contribution in [-0.2, 0) is 6.54 Å². The number of nitrogens with one attached hydrogen (secondary N) is 1. The zero-order chi connectivity index (χ0) is 12.2.